The van der Waals surface area contributed by atoms with Crippen LogP contribution in [0.5, 0.6) is 5.75 Å². The Morgan fingerprint density at radius 3 is 2.50 bits per heavy atom. The predicted molar refractivity (Wildman–Crippen MR) is 77.8 cm³/mol. The highest BCUT2D eigenvalue weighted by Gasteiger charge is 2.10. The maximum atomic E-state index is 10.9. The van der Waals surface area contributed by atoms with Gasteiger partial charge in [-0.2, -0.15) is 0 Å². The van der Waals surface area contributed by atoms with Gasteiger partial charge in [0, 0.05) is 12.4 Å². The zero-order chi connectivity index (χ0) is 13.8. The molecule has 108 valence electrons. The highest BCUT2D eigenvalue weighted by atomic mass is 35.5. The van der Waals surface area contributed by atoms with E-state index in [4.69, 9.17) is 9.84 Å². The van der Waals surface area contributed by atoms with Crippen molar-refractivity contribution in [2.45, 2.75) is 20.4 Å². The number of rotatable bonds is 5. The highest BCUT2D eigenvalue weighted by Crippen LogP contribution is 2.24. The molecule has 0 aliphatic rings. The number of aromatic carboxylic acids is 1. The third-order valence-electron chi connectivity index (χ3n) is 2.86. The second kappa shape index (κ2) is 6.96. The quantitative estimate of drug-likeness (QED) is 0.921. The molecule has 20 heavy (non-hydrogen) atoms. The van der Waals surface area contributed by atoms with Gasteiger partial charge in [0.1, 0.15) is 12.4 Å². The van der Waals surface area contributed by atoms with E-state index in [2.05, 4.69) is 4.98 Å². The maximum Gasteiger partial charge on any atom is 0.335 e. The largest absolute Gasteiger partial charge is 0.491 e. The smallest absolute Gasteiger partial charge is 0.335 e. The molecule has 0 amide bonds. The van der Waals surface area contributed by atoms with Crippen molar-refractivity contribution in [2.75, 3.05) is 6.61 Å². The molecule has 0 aliphatic carbocycles. The number of carboxylic acid groups (broad SMARTS) is 1. The number of imidazole rings is 1. The molecule has 6 heteroatoms. The normalized spacial score (nSPS) is 9.90. The summed E-state index contributed by atoms with van der Waals surface area (Å²) in [5, 5.41) is 8.97. The maximum absolute atomic E-state index is 10.9. The van der Waals surface area contributed by atoms with E-state index >= 15 is 0 Å². The van der Waals surface area contributed by atoms with E-state index in [1.165, 1.54) is 0 Å². The van der Waals surface area contributed by atoms with Crippen LogP contribution in [0.25, 0.3) is 0 Å². The average Bonchev–Trinajstić information content (AvgIpc) is 2.85. The highest BCUT2D eigenvalue weighted by molar-refractivity contribution is 5.88. The topological polar surface area (TPSA) is 64.3 Å². The van der Waals surface area contributed by atoms with Crippen molar-refractivity contribution >= 4 is 18.4 Å². The lowest BCUT2D eigenvalue weighted by Crippen LogP contribution is -2.09. The van der Waals surface area contributed by atoms with Gasteiger partial charge < -0.3 is 14.4 Å². The van der Waals surface area contributed by atoms with E-state index in [-0.39, 0.29) is 18.0 Å². The zero-order valence-electron chi connectivity index (χ0n) is 11.4. The number of carbonyl (C=O) groups is 1. The second-order valence-corrected chi connectivity index (χ2v) is 4.39. The van der Waals surface area contributed by atoms with Crippen molar-refractivity contribution in [1.29, 1.82) is 0 Å². The number of ether oxygens (including phenoxy) is 1. The number of aryl methyl sites for hydroxylation is 2. The Morgan fingerprint density at radius 1 is 1.35 bits per heavy atom. The molecule has 0 radical (unpaired) electrons. The minimum absolute atomic E-state index is 0. The SMILES string of the molecule is Cc1cc(C(=O)O)cc(C)c1OCCn1ccnc1.Cl. The van der Waals surface area contributed by atoms with E-state index in [0.717, 1.165) is 16.9 Å². The standard InChI is InChI=1S/C14H16N2O3.ClH/c1-10-7-12(14(17)18)8-11(2)13(10)19-6-5-16-4-3-15-9-16;/h3-4,7-9H,5-6H2,1-2H3,(H,17,18);1H. The van der Waals surface area contributed by atoms with E-state index < -0.39 is 5.97 Å². The monoisotopic (exact) mass is 296 g/mol. The second-order valence-electron chi connectivity index (χ2n) is 4.39. The fourth-order valence-corrected chi connectivity index (χ4v) is 1.97. The summed E-state index contributed by atoms with van der Waals surface area (Å²) in [6.45, 7) is 4.93. The van der Waals surface area contributed by atoms with Crippen LogP contribution in [0, 0.1) is 13.8 Å². The van der Waals surface area contributed by atoms with Crippen LogP contribution in [0.15, 0.2) is 30.9 Å². The van der Waals surface area contributed by atoms with Crippen LogP contribution < -0.4 is 4.74 Å². The number of halogens is 1. The van der Waals surface area contributed by atoms with Crippen molar-refractivity contribution in [1.82, 2.24) is 9.55 Å². The first kappa shape index (κ1) is 16.0. The summed E-state index contributed by atoms with van der Waals surface area (Å²) in [6, 6.07) is 3.25. The van der Waals surface area contributed by atoms with Crippen molar-refractivity contribution < 1.29 is 14.6 Å². The van der Waals surface area contributed by atoms with Gasteiger partial charge >= 0.3 is 5.97 Å². The number of benzene rings is 1. The zero-order valence-corrected chi connectivity index (χ0v) is 12.2. The molecule has 1 heterocycles. The molecule has 0 saturated carbocycles. The minimum Gasteiger partial charge on any atom is -0.491 e. The van der Waals surface area contributed by atoms with Crippen molar-refractivity contribution in [3.8, 4) is 5.75 Å². The van der Waals surface area contributed by atoms with Crippen molar-refractivity contribution in [3.05, 3.63) is 47.5 Å². The van der Waals surface area contributed by atoms with Gasteiger partial charge in [-0.15, -0.1) is 12.4 Å². The van der Waals surface area contributed by atoms with Gasteiger partial charge in [0.05, 0.1) is 18.4 Å². The Bertz CT molecular complexity index is 559. The first-order valence-corrected chi connectivity index (χ1v) is 6.01. The molecule has 0 fully saturated rings. The molecule has 0 spiro atoms. The molecule has 2 rings (SSSR count). The fraction of sp³-hybridized carbons (Fsp3) is 0.286. The van der Waals surface area contributed by atoms with Gasteiger partial charge in [-0.3, -0.25) is 0 Å². The number of hydrogen-bond donors (Lipinski definition) is 1. The molecule has 1 N–H and O–H groups in total. The summed E-state index contributed by atoms with van der Waals surface area (Å²) in [5.74, 6) is -0.165. The van der Waals surface area contributed by atoms with Crippen LogP contribution in [0.3, 0.4) is 0 Å². The summed E-state index contributed by atoms with van der Waals surface area (Å²) in [5.41, 5.74) is 1.96. The van der Waals surface area contributed by atoms with E-state index in [0.29, 0.717) is 13.2 Å². The van der Waals surface area contributed by atoms with Crippen LogP contribution in [-0.4, -0.2) is 27.2 Å². The molecule has 0 unspecified atom stereocenters. The molecule has 0 bridgehead atoms. The summed E-state index contributed by atoms with van der Waals surface area (Å²) < 4.78 is 7.66. The lowest BCUT2D eigenvalue weighted by Gasteiger charge is -2.13. The summed E-state index contributed by atoms with van der Waals surface area (Å²) in [7, 11) is 0. The van der Waals surface area contributed by atoms with Crippen LogP contribution in [-0.2, 0) is 6.54 Å². The van der Waals surface area contributed by atoms with Gasteiger partial charge in [0.2, 0.25) is 0 Å². The van der Waals surface area contributed by atoms with Crippen molar-refractivity contribution in [3.63, 3.8) is 0 Å². The lowest BCUT2D eigenvalue weighted by atomic mass is 10.1. The Hall–Kier alpha value is -2.01. The van der Waals surface area contributed by atoms with Gasteiger partial charge in [0.15, 0.2) is 0 Å². The van der Waals surface area contributed by atoms with E-state index in [9.17, 15) is 4.79 Å². The van der Waals surface area contributed by atoms with Crippen molar-refractivity contribution in [2.24, 2.45) is 0 Å². The fourth-order valence-electron chi connectivity index (χ4n) is 1.97. The number of aromatic nitrogens is 2. The van der Waals surface area contributed by atoms with Crippen LogP contribution >= 0.6 is 12.4 Å². The minimum atomic E-state index is -0.920. The molecule has 5 nitrogen and oxygen atoms in total. The summed E-state index contributed by atoms with van der Waals surface area (Å²) in [6.07, 6.45) is 5.32. The number of carboxylic acids is 1. The van der Waals surface area contributed by atoms with Gasteiger partial charge in [-0.1, -0.05) is 0 Å². The summed E-state index contributed by atoms with van der Waals surface area (Å²) >= 11 is 0. The molecule has 1 aromatic carbocycles. The lowest BCUT2D eigenvalue weighted by molar-refractivity contribution is 0.0696. The van der Waals surface area contributed by atoms with Crippen LogP contribution in [0.4, 0.5) is 0 Å². The molecule has 0 atom stereocenters. The summed E-state index contributed by atoms with van der Waals surface area (Å²) in [4.78, 5) is 14.9. The third kappa shape index (κ3) is 3.74. The van der Waals surface area contributed by atoms with Crippen LogP contribution in [0.2, 0.25) is 0 Å². The van der Waals surface area contributed by atoms with E-state index in [1.54, 1.807) is 24.7 Å². The first-order chi connectivity index (χ1) is 9.08. The Labute approximate surface area is 123 Å². The van der Waals surface area contributed by atoms with E-state index in [1.807, 2.05) is 24.6 Å². The first-order valence-electron chi connectivity index (χ1n) is 6.01. The van der Waals surface area contributed by atoms with Gasteiger partial charge in [-0.25, -0.2) is 9.78 Å². The molecule has 0 aliphatic heterocycles. The molecule has 1 aromatic heterocycles. The van der Waals surface area contributed by atoms with Gasteiger partial charge in [0.25, 0.3) is 0 Å². The van der Waals surface area contributed by atoms with Gasteiger partial charge in [-0.05, 0) is 37.1 Å². The third-order valence-corrected chi connectivity index (χ3v) is 2.86. The van der Waals surface area contributed by atoms with Crippen LogP contribution in [0.1, 0.15) is 21.5 Å². The molecular formula is C14H17ClN2O3. The number of nitrogens with zero attached hydrogens (tertiary/aromatic N) is 2. The molecular weight excluding hydrogens is 280 g/mol. The number of hydrogen-bond acceptors (Lipinski definition) is 3. The Morgan fingerprint density at radius 2 is 2.00 bits per heavy atom. The Balaban J connectivity index is 0.00000200. The average molecular weight is 297 g/mol. The Kier molecular flexibility index (Phi) is 5.58. The molecule has 0 saturated heterocycles. The molecule has 2 aromatic rings. The predicted octanol–water partition coefficient (Wildman–Crippen LogP) is 2.70.